The number of aryl methyl sites for hydroxylation is 1. The maximum atomic E-state index is 11.7. The lowest BCUT2D eigenvalue weighted by atomic mass is 9.92. The predicted octanol–water partition coefficient (Wildman–Crippen LogP) is 1.55. The second-order valence-corrected chi connectivity index (χ2v) is 5.43. The molecule has 4 nitrogen and oxygen atoms in total. The van der Waals surface area contributed by atoms with E-state index in [9.17, 15) is 9.59 Å². The molecule has 1 amide bonds. The molecule has 1 rings (SSSR count). The summed E-state index contributed by atoms with van der Waals surface area (Å²) in [6.07, 6.45) is 2.50. The third-order valence-electron chi connectivity index (χ3n) is 2.53. The first-order chi connectivity index (χ1) is 7.79. The molecule has 1 N–H and O–H groups in total. The summed E-state index contributed by atoms with van der Waals surface area (Å²) in [5.74, 6) is -0.188. The van der Waals surface area contributed by atoms with E-state index in [2.05, 4.69) is 26.1 Å². The number of hydrogen-bond acceptors (Lipinski definition) is 2. The zero-order valence-electron chi connectivity index (χ0n) is 10.9. The first kappa shape index (κ1) is 13.5. The second-order valence-electron chi connectivity index (χ2n) is 5.43. The Kier molecular flexibility index (Phi) is 4.10. The second kappa shape index (κ2) is 5.17. The van der Waals surface area contributed by atoms with Crippen molar-refractivity contribution >= 4 is 5.91 Å². The highest BCUT2D eigenvalue weighted by molar-refractivity contribution is 5.93. The minimum absolute atomic E-state index is 0.173. The summed E-state index contributed by atoms with van der Waals surface area (Å²) in [6.45, 7) is 6.99. The Labute approximate surface area is 102 Å². The van der Waals surface area contributed by atoms with Crippen molar-refractivity contribution in [3.63, 3.8) is 0 Å². The number of nitrogens with zero attached hydrogens (tertiary/aromatic N) is 1. The lowest BCUT2D eigenvalue weighted by Crippen LogP contribution is -2.28. The third kappa shape index (κ3) is 4.43. The number of carbonyl (C=O) groups excluding carboxylic acids is 1. The van der Waals surface area contributed by atoms with Crippen molar-refractivity contribution in [1.29, 1.82) is 0 Å². The average Bonchev–Trinajstić information content (AvgIpc) is 2.20. The number of amides is 1. The fourth-order valence-corrected chi connectivity index (χ4v) is 1.34. The van der Waals surface area contributed by atoms with Crippen LogP contribution in [0.15, 0.2) is 23.1 Å². The zero-order valence-corrected chi connectivity index (χ0v) is 10.9. The van der Waals surface area contributed by atoms with E-state index in [0.717, 1.165) is 6.42 Å². The Bertz CT molecular complexity index is 455. The van der Waals surface area contributed by atoms with Crippen molar-refractivity contribution < 1.29 is 4.79 Å². The van der Waals surface area contributed by atoms with Gasteiger partial charge in [0.15, 0.2) is 0 Å². The van der Waals surface area contributed by atoms with Crippen molar-refractivity contribution in [3.8, 4) is 0 Å². The van der Waals surface area contributed by atoms with E-state index in [4.69, 9.17) is 0 Å². The van der Waals surface area contributed by atoms with Crippen LogP contribution < -0.4 is 10.9 Å². The molecule has 4 heteroatoms. The maximum Gasteiger partial charge on any atom is 0.251 e. The van der Waals surface area contributed by atoms with Gasteiger partial charge in [-0.3, -0.25) is 9.59 Å². The van der Waals surface area contributed by atoms with Gasteiger partial charge < -0.3 is 9.88 Å². The molecule has 17 heavy (non-hydrogen) atoms. The van der Waals surface area contributed by atoms with Crippen LogP contribution in [-0.2, 0) is 7.05 Å². The molecule has 0 bridgehead atoms. The lowest BCUT2D eigenvalue weighted by Gasteiger charge is -2.17. The highest BCUT2D eigenvalue weighted by Gasteiger charge is 2.11. The molecule has 0 fully saturated rings. The van der Waals surface area contributed by atoms with E-state index >= 15 is 0 Å². The van der Waals surface area contributed by atoms with Gasteiger partial charge in [0, 0.05) is 31.4 Å². The molecule has 0 spiro atoms. The molecule has 0 saturated carbocycles. The first-order valence-corrected chi connectivity index (χ1v) is 5.74. The minimum Gasteiger partial charge on any atom is -0.352 e. The predicted molar refractivity (Wildman–Crippen MR) is 68.1 cm³/mol. The SMILES string of the molecule is Cn1ccc(C(=O)NCCC(C)(C)C)cc1=O. The van der Waals surface area contributed by atoms with E-state index in [-0.39, 0.29) is 16.9 Å². The van der Waals surface area contributed by atoms with Crippen LogP contribution in [0, 0.1) is 5.41 Å². The Morgan fingerprint density at radius 1 is 1.41 bits per heavy atom. The monoisotopic (exact) mass is 236 g/mol. The maximum absolute atomic E-state index is 11.7. The molecule has 1 heterocycles. The van der Waals surface area contributed by atoms with Crippen molar-refractivity contribution in [2.75, 3.05) is 6.54 Å². The van der Waals surface area contributed by atoms with Gasteiger partial charge in [-0.25, -0.2) is 0 Å². The van der Waals surface area contributed by atoms with Crippen LogP contribution in [0.25, 0.3) is 0 Å². The van der Waals surface area contributed by atoms with Gasteiger partial charge in [0.1, 0.15) is 0 Å². The molecule has 0 aromatic carbocycles. The van der Waals surface area contributed by atoms with E-state index < -0.39 is 0 Å². The molecule has 0 aliphatic carbocycles. The summed E-state index contributed by atoms with van der Waals surface area (Å²) < 4.78 is 1.44. The molecular weight excluding hydrogens is 216 g/mol. The van der Waals surface area contributed by atoms with Crippen LogP contribution >= 0.6 is 0 Å². The Morgan fingerprint density at radius 3 is 2.59 bits per heavy atom. The van der Waals surface area contributed by atoms with Crippen LogP contribution in [0.2, 0.25) is 0 Å². The van der Waals surface area contributed by atoms with E-state index in [0.29, 0.717) is 12.1 Å². The standard InChI is InChI=1S/C13H20N2O2/c1-13(2,3)6-7-14-12(17)10-5-8-15(4)11(16)9-10/h5,8-9H,6-7H2,1-4H3,(H,14,17). The molecule has 0 radical (unpaired) electrons. The molecule has 94 valence electrons. The number of rotatable bonds is 3. The molecule has 0 aliphatic rings. The summed E-state index contributed by atoms with van der Waals surface area (Å²) in [4.78, 5) is 23.1. The Balaban J connectivity index is 2.59. The van der Waals surface area contributed by atoms with Gasteiger partial charge in [-0.05, 0) is 17.9 Å². The number of nitrogens with one attached hydrogen (secondary N) is 1. The van der Waals surface area contributed by atoms with Crippen molar-refractivity contribution in [2.24, 2.45) is 12.5 Å². The van der Waals surface area contributed by atoms with E-state index in [1.54, 1.807) is 19.3 Å². The van der Waals surface area contributed by atoms with Crippen molar-refractivity contribution in [2.45, 2.75) is 27.2 Å². The van der Waals surface area contributed by atoms with Gasteiger partial charge in [0.25, 0.3) is 11.5 Å². The summed E-state index contributed by atoms with van der Waals surface area (Å²) in [5.41, 5.74) is 0.440. The molecule has 0 saturated heterocycles. The molecular formula is C13H20N2O2. The number of pyridine rings is 1. The summed E-state index contributed by atoms with van der Waals surface area (Å²) in [6, 6.07) is 3.00. The van der Waals surface area contributed by atoms with Gasteiger partial charge in [-0.1, -0.05) is 20.8 Å². The topological polar surface area (TPSA) is 51.1 Å². The van der Waals surface area contributed by atoms with Gasteiger partial charge in [0.2, 0.25) is 0 Å². The highest BCUT2D eigenvalue weighted by Crippen LogP contribution is 2.16. The fourth-order valence-electron chi connectivity index (χ4n) is 1.34. The quantitative estimate of drug-likeness (QED) is 0.865. The third-order valence-corrected chi connectivity index (χ3v) is 2.53. The lowest BCUT2D eigenvalue weighted by molar-refractivity contribution is 0.0949. The van der Waals surface area contributed by atoms with Crippen molar-refractivity contribution in [3.05, 3.63) is 34.2 Å². The van der Waals surface area contributed by atoms with E-state index in [1.165, 1.54) is 10.6 Å². The molecule has 0 unspecified atom stereocenters. The summed E-state index contributed by atoms with van der Waals surface area (Å²) in [7, 11) is 1.66. The fraction of sp³-hybridized carbons (Fsp3) is 0.538. The van der Waals surface area contributed by atoms with Gasteiger partial charge >= 0.3 is 0 Å². The smallest absolute Gasteiger partial charge is 0.251 e. The number of hydrogen-bond donors (Lipinski definition) is 1. The zero-order chi connectivity index (χ0) is 13.1. The summed E-state index contributed by atoms with van der Waals surface area (Å²) in [5, 5.41) is 2.82. The normalized spacial score (nSPS) is 11.3. The molecule has 1 aromatic rings. The Morgan fingerprint density at radius 2 is 2.06 bits per heavy atom. The number of carbonyl (C=O) groups is 1. The molecule has 1 aromatic heterocycles. The van der Waals surface area contributed by atoms with Gasteiger partial charge in [0.05, 0.1) is 0 Å². The average molecular weight is 236 g/mol. The van der Waals surface area contributed by atoms with Crippen LogP contribution in [0.5, 0.6) is 0 Å². The van der Waals surface area contributed by atoms with Crippen LogP contribution in [0.4, 0.5) is 0 Å². The molecule has 0 aliphatic heterocycles. The minimum atomic E-state index is -0.188. The van der Waals surface area contributed by atoms with Crippen LogP contribution in [-0.4, -0.2) is 17.0 Å². The highest BCUT2D eigenvalue weighted by atomic mass is 16.2. The van der Waals surface area contributed by atoms with Gasteiger partial charge in [-0.15, -0.1) is 0 Å². The first-order valence-electron chi connectivity index (χ1n) is 5.74. The van der Waals surface area contributed by atoms with Crippen LogP contribution in [0.3, 0.4) is 0 Å². The largest absolute Gasteiger partial charge is 0.352 e. The Hall–Kier alpha value is -1.58. The van der Waals surface area contributed by atoms with E-state index in [1.807, 2.05) is 0 Å². The number of aromatic nitrogens is 1. The van der Waals surface area contributed by atoms with Crippen LogP contribution in [0.1, 0.15) is 37.6 Å². The van der Waals surface area contributed by atoms with Crippen molar-refractivity contribution in [1.82, 2.24) is 9.88 Å². The molecule has 0 atom stereocenters. The van der Waals surface area contributed by atoms with Gasteiger partial charge in [-0.2, -0.15) is 0 Å². The summed E-state index contributed by atoms with van der Waals surface area (Å²) >= 11 is 0.